The van der Waals surface area contributed by atoms with Crippen molar-refractivity contribution in [3.8, 4) is 5.75 Å². The molecule has 1 aromatic carbocycles. The molecule has 2 amide bonds. The fourth-order valence-electron chi connectivity index (χ4n) is 4.40. The number of aliphatic hydroxyl groups excluding tert-OH is 1. The second kappa shape index (κ2) is 10.9. The summed E-state index contributed by atoms with van der Waals surface area (Å²) in [5.74, 6) is -1.59. The lowest BCUT2D eigenvalue weighted by Gasteiger charge is -2.18. The van der Waals surface area contributed by atoms with Crippen LogP contribution in [0.3, 0.4) is 0 Å². The zero-order chi connectivity index (χ0) is 25.8. The zero-order valence-electron chi connectivity index (χ0n) is 20.0. The molecule has 0 radical (unpaired) electrons. The number of rotatable bonds is 9. The second-order valence-corrected chi connectivity index (χ2v) is 9.09. The van der Waals surface area contributed by atoms with Crippen molar-refractivity contribution in [2.24, 2.45) is 0 Å². The van der Waals surface area contributed by atoms with Crippen LogP contribution in [-0.2, 0) is 17.8 Å². The molecule has 1 aliphatic rings. The Morgan fingerprint density at radius 3 is 2.61 bits per heavy atom. The van der Waals surface area contributed by atoms with Crippen molar-refractivity contribution >= 4 is 22.8 Å². The van der Waals surface area contributed by atoms with Crippen molar-refractivity contribution in [2.45, 2.75) is 45.3 Å². The van der Waals surface area contributed by atoms with Crippen LogP contribution in [0, 0.1) is 5.82 Å². The number of aromatic hydroxyl groups is 1. The summed E-state index contributed by atoms with van der Waals surface area (Å²) in [6.07, 6.45) is 2.95. The molecule has 2 aromatic heterocycles. The highest BCUT2D eigenvalue weighted by Crippen LogP contribution is 2.26. The number of nitrogens with one attached hydrogen (secondary N) is 1. The largest absolute Gasteiger partial charge is 0.505 e. The van der Waals surface area contributed by atoms with Crippen molar-refractivity contribution in [2.75, 3.05) is 19.6 Å². The first-order valence-corrected chi connectivity index (χ1v) is 12.0. The molecule has 3 heterocycles. The molecule has 190 valence electrons. The lowest BCUT2D eigenvalue weighted by molar-refractivity contribution is -0.127. The molecule has 36 heavy (non-hydrogen) atoms. The topological polar surface area (TPSA) is 125 Å². The Morgan fingerprint density at radius 2 is 1.94 bits per heavy atom. The number of likely N-dealkylation sites (tertiary alicyclic amines) is 1. The number of pyridine rings is 2. The normalized spacial score (nSPS) is 14.4. The van der Waals surface area contributed by atoms with E-state index in [-0.39, 0.29) is 30.3 Å². The van der Waals surface area contributed by atoms with Gasteiger partial charge in [-0.15, -0.1) is 0 Å². The standard InChI is InChI=1S/C26H29FN4O5/c1-16(32)14-29-25(35)22-24(34)23-20(13-18(15-28-23)12-17-5-7-19(27)8-6-17)31(26(22)36)11-3-10-30-9-2-4-21(30)33/h5-8,13,15-16,32,34H,2-4,9-12,14H2,1H3,(H,29,35). The molecule has 1 unspecified atom stereocenters. The van der Waals surface area contributed by atoms with E-state index >= 15 is 0 Å². The Hall–Kier alpha value is -3.79. The van der Waals surface area contributed by atoms with Crippen molar-refractivity contribution in [1.82, 2.24) is 19.8 Å². The smallest absolute Gasteiger partial charge is 0.267 e. The maximum Gasteiger partial charge on any atom is 0.267 e. The molecule has 0 spiro atoms. The van der Waals surface area contributed by atoms with E-state index in [1.54, 1.807) is 29.3 Å². The number of hydrogen-bond acceptors (Lipinski definition) is 6. The van der Waals surface area contributed by atoms with Crippen LogP contribution in [0.1, 0.15) is 47.7 Å². The molecule has 0 aliphatic carbocycles. The molecule has 3 aromatic rings. The lowest BCUT2D eigenvalue weighted by atomic mass is 10.1. The highest BCUT2D eigenvalue weighted by atomic mass is 19.1. The average molecular weight is 497 g/mol. The number of fused-ring (bicyclic) bond motifs is 1. The zero-order valence-corrected chi connectivity index (χ0v) is 20.0. The summed E-state index contributed by atoms with van der Waals surface area (Å²) in [6, 6.07) is 7.78. The highest BCUT2D eigenvalue weighted by Gasteiger charge is 2.24. The van der Waals surface area contributed by atoms with Gasteiger partial charge in [0.2, 0.25) is 5.91 Å². The third-order valence-electron chi connectivity index (χ3n) is 6.22. The summed E-state index contributed by atoms with van der Waals surface area (Å²) in [7, 11) is 0. The van der Waals surface area contributed by atoms with Gasteiger partial charge in [-0.3, -0.25) is 19.4 Å². The van der Waals surface area contributed by atoms with Crippen molar-refractivity contribution < 1.29 is 24.2 Å². The van der Waals surface area contributed by atoms with E-state index in [1.165, 1.54) is 23.6 Å². The number of carbonyl (C=O) groups is 2. The number of carbonyl (C=O) groups excluding carboxylic acids is 2. The Kier molecular flexibility index (Phi) is 7.64. The first-order chi connectivity index (χ1) is 17.2. The van der Waals surface area contributed by atoms with Crippen molar-refractivity contribution in [3.05, 3.63) is 69.4 Å². The summed E-state index contributed by atoms with van der Waals surface area (Å²) in [5, 5.41) is 22.8. The van der Waals surface area contributed by atoms with Gasteiger partial charge in [0, 0.05) is 38.8 Å². The molecule has 0 saturated carbocycles. The Morgan fingerprint density at radius 1 is 1.19 bits per heavy atom. The van der Waals surface area contributed by atoms with Crippen LogP contribution in [-0.4, -0.2) is 62.2 Å². The van der Waals surface area contributed by atoms with E-state index in [9.17, 15) is 29.0 Å². The summed E-state index contributed by atoms with van der Waals surface area (Å²) in [6.45, 7) is 2.76. The molecule has 3 N–H and O–H groups in total. The molecular weight excluding hydrogens is 467 g/mol. The first kappa shape index (κ1) is 25.3. The van der Waals surface area contributed by atoms with Crippen LogP contribution in [0.15, 0.2) is 41.3 Å². The number of aromatic nitrogens is 2. The van der Waals surface area contributed by atoms with Crippen LogP contribution in [0.5, 0.6) is 5.75 Å². The van der Waals surface area contributed by atoms with Crippen LogP contribution < -0.4 is 10.9 Å². The lowest BCUT2D eigenvalue weighted by Crippen LogP contribution is -2.37. The number of nitrogens with zero attached hydrogens (tertiary/aromatic N) is 3. The van der Waals surface area contributed by atoms with Gasteiger partial charge >= 0.3 is 0 Å². The molecule has 1 aliphatic heterocycles. The van der Waals surface area contributed by atoms with Crippen LogP contribution in [0.2, 0.25) is 0 Å². The molecule has 4 rings (SSSR count). The summed E-state index contributed by atoms with van der Waals surface area (Å²) in [4.78, 5) is 44.2. The predicted octanol–water partition coefficient (Wildman–Crippen LogP) is 1.96. The third kappa shape index (κ3) is 5.54. The molecule has 1 fully saturated rings. The number of aryl methyl sites for hydroxylation is 1. The van der Waals surface area contributed by atoms with Crippen LogP contribution >= 0.6 is 0 Å². The van der Waals surface area contributed by atoms with Gasteiger partial charge in [0.25, 0.3) is 11.5 Å². The minimum Gasteiger partial charge on any atom is -0.505 e. The summed E-state index contributed by atoms with van der Waals surface area (Å²) in [5.41, 5.74) is 0.907. The number of benzene rings is 1. The van der Waals surface area contributed by atoms with Gasteiger partial charge in [0.15, 0.2) is 5.75 Å². The maximum absolute atomic E-state index is 13.4. The minimum atomic E-state index is -0.830. The second-order valence-electron chi connectivity index (χ2n) is 9.09. The molecule has 9 nitrogen and oxygen atoms in total. The van der Waals surface area contributed by atoms with E-state index in [4.69, 9.17) is 0 Å². The number of aliphatic hydroxyl groups is 1. The molecule has 1 saturated heterocycles. The third-order valence-corrected chi connectivity index (χ3v) is 6.22. The summed E-state index contributed by atoms with van der Waals surface area (Å²) < 4.78 is 14.7. The Labute approximate surface area is 207 Å². The molecular formula is C26H29FN4O5. The monoisotopic (exact) mass is 496 g/mol. The van der Waals surface area contributed by atoms with E-state index in [0.717, 1.165) is 17.5 Å². The van der Waals surface area contributed by atoms with Gasteiger partial charge in [0.05, 0.1) is 11.6 Å². The van der Waals surface area contributed by atoms with E-state index in [2.05, 4.69) is 10.3 Å². The fraction of sp³-hybridized carbons (Fsp3) is 0.385. The molecule has 10 heteroatoms. The van der Waals surface area contributed by atoms with Crippen LogP contribution in [0.25, 0.3) is 11.0 Å². The fourth-order valence-corrected chi connectivity index (χ4v) is 4.40. The van der Waals surface area contributed by atoms with E-state index < -0.39 is 28.9 Å². The van der Waals surface area contributed by atoms with Crippen LogP contribution in [0.4, 0.5) is 4.39 Å². The molecule has 0 bridgehead atoms. The predicted molar refractivity (Wildman–Crippen MR) is 131 cm³/mol. The van der Waals surface area contributed by atoms with Gasteiger partial charge in [-0.25, -0.2) is 4.39 Å². The SMILES string of the molecule is CC(O)CNC(=O)c1c(O)c2ncc(Cc3ccc(F)cc3)cc2n(CCCN2CCCC2=O)c1=O. The van der Waals surface area contributed by atoms with Gasteiger partial charge < -0.3 is 25.0 Å². The van der Waals surface area contributed by atoms with Gasteiger partial charge in [-0.05, 0) is 55.5 Å². The minimum absolute atomic E-state index is 0.0827. The maximum atomic E-state index is 13.4. The van der Waals surface area contributed by atoms with Gasteiger partial charge in [-0.1, -0.05) is 12.1 Å². The number of amides is 2. The molecule has 1 atom stereocenters. The first-order valence-electron chi connectivity index (χ1n) is 12.0. The van der Waals surface area contributed by atoms with E-state index in [0.29, 0.717) is 37.9 Å². The van der Waals surface area contributed by atoms with Crippen molar-refractivity contribution in [1.29, 1.82) is 0 Å². The Bertz CT molecular complexity index is 1340. The van der Waals surface area contributed by atoms with E-state index in [1.807, 2.05) is 0 Å². The number of halogens is 1. The summed E-state index contributed by atoms with van der Waals surface area (Å²) >= 11 is 0. The van der Waals surface area contributed by atoms with Gasteiger partial charge in [-0.2, -0.15) is 0 Å². The highest BCUT2D eigenvalue weighted by molar-refractivity contribution is 6.01. The quantitative estimate of drug-likeness (QED) is 0.416. The average Bonchev–Trinajstić information content (AvgIpc) is 3.25. The van der Waals surface area contributed by atoms with Crippen molar-refractivity contribution in [3.63, 3.8) is 0 Å². The van der Waals surface area contributed by atoms with Gasteiger partial charge in [0.1, 0.15) is 16.9 Å². The Balaban J connectivity index is 1.72. The number of hydrogen-bond donors (Lipinski definition) is 3.